The van der Waals surface area contributed by atoms with E-state index >= 15 is 0 Å². The minimum atomic E-state index is -0.590. The van der Waals surface area contributed by atoms with Gasteiger partial charge in [0.2, 0.25) is 0 Å². The lowest BCUT2D eigenvalue weighted by atomic mass is 10.1. The average molecular weight is 402 g/mol. The molecule has 1 saturated heterocycles. The molecule has 2 N–H and O–H groups in total. The largest absolute Gasteiger partial charge is 0.491 e. The van der Waals surface area contributed by atoms with E-state index in [1.54, 1.807) is 11.3 Å². The number of rotatable bonds is 10. The van der Waals surface area contributed by atoms with Gasteiger partial charge < -0.3 is 19.9 Å². The second kappa shape index (κ2) is 11.1. The van der Waals surface area contributed by atoms with E-state index < -0.39 is 6.10 Å². The normalized spacial score (nSPS) is 17.0. The summed E-state index contributed by atoms with van der Waals surface area (Å²) < 4.78 is 11.1. The van der Waals surface area contributed by atoms with E-state index in [0.29, 0.717) is 24.8 Å². The summed E-state index contributed by atoms with van der Waals surface area (Å²) in [5, 5.41) is 24.4. The molecule has 7 heteroatoms. The Hall–Kier alpha value is -1.95. The summed E-state index contributed by atoms with van der Waals surface area (Å²) >= 11 is 1.77. The van der Waals surface area contributed by atoms with Crippen LogP contribution in [0.4, 0.5) is 0 Å². The van der Waals surface area contributed by atoms with Gasteiger partial charge in [0.1, 0.15) is 18.5 Å². The van der Waals surface area contributed by atoms with Gasteiger partial charge in [0, 0.05) is 31.1 Å². The summed E-state index contributed by atoms with van der Waals surface area (Å²) in [5.74, 6) is 0.700. The summed E-state index contributed by atoms with van der Waals surface area (Å²) in [7, 11) is 0. The van der Waals surface area contributed by atoms with E-state index in [2.05, 4.69) is 33.8 Å². The number of benzene rings is 1. The highest BCUT2D eigenvalue weighted by molar-refractivity contribution is 7.10. The Kier molecular flexibility index (Phi) is 8.27. The van der Waals surface area contributed by atoms with E-state index in [1.165, 1.54) is 4.88 Å². The molecule has 2 heterocycles. The standard InChI is InChI=1S/C21H27N3O3S/c22-8-7-17-3-5-19(6-4-17)27-16-18(25)14-23-15-20(21-2-1-13-28-21)24-9-11-26-12-10-24/h1-6,13,18,20,23,25H,7,9-12,14-16H2. The summed E-state index contributed by atoms with van der Waals surface area (Å²) in [6, 6.07) is 14.1. The highest BCUT2D eigenvalue weighted by atomic mass is 32.1. The summed E-state index contributed by atoms with van der Waals surface area (Å²) in [6.07, 6.45) is -0.200. The van der Waals surface area contributed by atoms with Crippen LogP contribution in [0.1, 0.15) is 16.5 Å². The van der Waals surface area contributed by atoms with Gasteiger partial charge in [-0.2, -0.15) is 5.26 Å². The molecule has 1 aromatic carbocycles. The first-order chi connectivity index (χ1) is 13.8. The number of hydrogen-bond donors (Lipinski definition) is 2. The van der Waals surface area contributed by atoms with Crippen LogP contribution in [0.15, 0.2) is 41.8 Å². The molecule has 0 amide bonds. The molecule has 150 valence electrons. The molecule has 2 unspecified atom stereocenters. The van der Waals surface area contributed by atoms with Gasteiger partial charge >= 0.3 is 0 Å². The zero-order valence-corrected chi connectivity index (χ0v) is 16.7. The molecule has 2 aromatic rings. The number of thiophene rings is 1. The van der Waals surface area contributed by atoms with Crippen molar-refractivity contribution in [3.63, 3.8) is 0 Å². The van der Waals surface area contributed by atoms with Crippen molar-refractivity contribution in [2.45, 2.75) is 18.6 Å². The lowest BCUT2D eigenvalue weighted by Crippen LogP contribution is -2.44. The molecule has 28 heavy (non-hydrogen) atoms. The fourth-order valence-electron chi connectivity index (χ4n) is 3.21. The number of morpholine rings is 1. The first-order valence-corrected chi connectivity index (χ1v) is 10.5. The van der Waals surface area contributed by atoms with Crippen molar-refractivity contribution < 1.29 is 14.6 Å². The summed E-state index contributed by atoms with van der Waals surface area (Å²) in [4.78, 5) is 3.77. The third-order valence-electron chi connectivity index (χ3n) is 4.72. The number of aliphatic hydroxyl groups is 1. The fourth-order valence-corrected chi connectivity index (χ4v) is 4.07. The topological polar surface area (TPSA) is 77.8 Å². The molecule has 6 nitrogen and oxygen atoms in total. The van der Waals surface area contributed by atoms with Crippen LogP contribution in [-0.2, 0) is 11.2 Å². The van der Waals surface area contributed by atoms with Gasteiger partial charge in [0.25, 0.3) is 0 Å². The number of aliphatic hydroxyl groups excluding tert-OH is 1. The van der Waals surface area contributed by atoms with E-state index in [1.807, 2.05) is 24.3 Å². The first kappa shape index (κ1) is 20.8. The molecule has 1 aliphatic rings. The summed E-state index contributed by atoms with van der Waals surface area (Å²) in [5.41, 5.74) is 0.958. The van der Waals surface area contributed by atoms with Gasteiger partial charge in [0.05, 0.1) is 31.7 Å². The number of hydrogen-bond acceptors (Lipinski definition) is 7. The van der Waals surface area contributed by atoms with Crippen molar-refractivity contribution in [2.75, 3.05) is 46.0 Å². The van der Waals surface area contributed by atoms with E-state index in [0.717, 1.165) is 38.4 Å². The van der Waals surface area contributed by atoms with Crippen LogP contribution in [0.25, 0.3) is 0 Å². The Balaban J connectivity index is 1.42. The van der Waals surface area contributed by atoms with Crippen LogP contribution in [-0.4, -0.2) is 62.1 Å². The number of nitrogens with zero attached hydrogens (tertiary/aromatic N) is 2. The monoisotopic (exact) mass is 401 g/mol. The van der Waals surface area contributed by atoms with Gasteiger partial charge in [-0.25, -0.2) is 0 Å². The lowest BCUT2D eigenvalue weighted by molar-refractivity contribution is 0.0159. The molecule has 0 bridgehead atoms. The summed E-state index contributed by atoms with van der Waals surface area (Å²) in [6.45, 7) is 4.87. The fraction of sp³-hybridized carbons (Fsp3) is 0.476. The van der Waals surface area contributed by atoms with Crippen LogP contribution in [0, 0.1) is 11.3 Å². The molecule has 0 aliphatic carbocycles. The second-order valence-corrected chi connectivity index (χ2v) is 7.76. The SMILES string of the molecule is N#CCc1ccc(OCC(O)CNCC(c2cccs2)N2CCOCC2)cc1. The minimum absolute atomic E-state index is 0.228. The van der Waals surface area contributed by atoms with Crippen LogP contribution in [0.5, 0.6) is 5.75 Å². The Morgan fingerprint density at radius 2 is 2.00 bits per heavy atom. The highest BCUT2D eigenvalue weighted by Gasteiger charge is 2.23. The minimum Gasteiger partial charge on any atom is -0.491 e. The predicted molar refractivity (Wildman–Crippen MR) is 110 cm³/mol. The van der Waals surface area contributed by atoms with Gasteiger partial charge in [-0.05, 0) is 29.1 Å². The van der Waals surface area contributed by atoms with E-state index in [9.17, 15) is 5.11 Å². The van der Waals surface area contributed by atoms with Gasteiger partial charge in [-0.1, -0.05) is 18.2 Å². The molecule has 2 atom stereocenters. The Labute approximate surface area is 170 Å². The molecule has 0 radical (unpaired) electrons. The van der Waals surface area contributed by atoms with Crippen LogP contribution in [0.2, 0.25) is 0 Å². The van der Waals surface area contributed by atoms with Crippen molar-refractivity contribution >= 4 is 11.3 Å². The van der Waals surface area contributed by atoms with Crippen molar-refractivity contribution in [1.82, 2.24) is 10.2 Å². The van der Waals surface area contributed by atoms with E-state index in [4.69, 9.17) is 14.7 Å². The average Bonchev–Trinajstić information content (AvgIpc) is 3.26. The van der Waals surface area contributed by atoms with Crippen molar-refractivity contribution in [2.24, 2.45) is 0 Å². The quantitative estimate of drug-likeness (QED) is 0.636. The number of nitrogens with one attached hydrogen (secondary N) is 1. The zero-order chi connectivity index (χ0) is 19.6. The van der Waals surface area contributed by atoms with Crippen LogP contribution < -0.4 is 10.1 Å². The van der Waals surface area contributed by atoms with E-state index in [-0.39, 0.29) is 6.61 Å². The number of nitriles is 1. The molecule has 1 fully saturated rings. The van der Waals surface area contributed by atoms with Crippen LogP contribution in [0.3, 0.4) is 0 Å². The molecule has 0 spiro atoms. The molecular weight excluding hydrogens is 374 g/mol. The third-order valence-corrected chi connectivity index (χ3v) is 5.70. The van der Waals surface area contributed by atoms with Crippen molar-refractivity contribution in [1.29, 1.82) is 5.26 Å². The third kappa shape index (κ3) is 6.30. The Morgan fingerprint density at radius 1 is 1.21 bits per heavy atom. The van der Waals surface area contributed by atoms with Gasteiger partial charge in [-0.15, -0.1) is 11.3 Å². The molecular formula is C21H27N3O3S. The first-order valence-electron chi connectivity index (χ1n) is 9.59. The molecule has 0 saturated carbocycles. The maximum absolute atomic E-state index is 10.2. The Bertz CT molecular complexity index is 724. The number of ether oxygens (including phenoxy) is 2. The van der Waals surface area contributed by atoms with Gasteiger partial charge in [-0.3, -0.25) is 4.90 Å². The lowest BCUT2D eigenvalue weighted by Gasteiger charge is -2.34. The maximum atomic E-state index is 10.2. The zero-order valence-electron chi connectivity index (χ0n) is 15.9. The van der Waals surface area contributed by atoms with Crippen molar-refractivity contribution in [3.8, 4) is 11.8 Å². The maximum Gasteiger partial charge on any atom is 0.119 e. The highest BCUT2D eigenvalue weighted by Crippen LogP contribution is 2.25. The molecule has 1 aliphatic heterocycles. The van der Waals surface area contributed by atoms with Crippen LogP contribution >= 0.6 is 11.3 Å². The molecule has 3 rings (SSSR count). The second-order valence-electron chi connectivity index (χ2n) is 6.78. The Morgan fingerprint density at radius 3 is 2.68 bits per heavy atom. The molecule has 1 aromatic heterocycles. The predicted octanol–water partition coefficient (Wildman–Crippen LogP) is 2.22. The van der Waals surface area contributed by atoms with Gasteiger partial charge in [0.15, 0.2) is 0 Å². The van der Waals surface area contributed by atoms with Crippen molar-refractivity contribution in [3.05, 3.63) is 52.2 Å². The smallest absolute Gasteiger partial charge is 0.119 e.